The van der Waals surface area contributed by atoms with Crippen molar-refractivity contribution >= 4 is 17.7 Å². The maximum Gasteiger partial charge on any atom is 0.250 e. The van der Waals surface area contributed by atoms with Gasteiger partial charge in [0.15, 0.2) is 0 Å². The van der Waals surface area contributed by atoms with Crippen LogP contribution in [0.15, 0.2) is 30.3 Å². The van der Waals surface area contributed by atoms with Crippen molar-refractivity contribution in [3.63, 3.8) is 0 Å². The molecule has 1 aromatic rings. The highest BCUT2D eigenvalue weighted by molar-refractivity contribution is 5.91. The van der Waals surface area contributed by atoms with Gasteiger partial charge >= 0.3 is 0 Å². The molecule has 5 N–H and O–H groups in total. The highest BCUT2D eigenvalue weighted by atomic mass is 16.3. The van der Waals surface area contributed by atoms with Crippen molar-refractivity contribution in [3.05, 3.63) is 35.9 Å². The highest BCUT2D eigenvalue weighted by Crippen LogP contribution is 2.14. The van der Waals surface area contributed by atoms with Crippen molar-refractivity contribution in [1.82, 2.24) is 15.5 Å². The number of nitrogens with zero attached hydrogens (tertiary/aromatic N) is 1. The lowest BCUT2D eigenvalue weighted by Gasteiger charge is -2.22. The maximum atomic E-state index is 12.4. The lowest BCUT2D eigenvalue weighted by Crippen LogP contribution is -2.49. The summed E-state index contributed by atoms with van der Waals surface area (Å²) < 4.78 is 0. The molecular formula is C18H28N4O4. The summed E-state index contributed by atoms with van der Waals surface area (Å²) in [6.45, 7) is 1.53. The Labute approximate surface area is 153 Å². The second-order valence-corrected chi connectivity index (χ2v) is 6.26. The van der Waals surface area contributed by atoms with E-state index in [2.05, 4.69) is 10.6 Å². The zero-order valence-electron chi connectivity index (χ0n) is 15.4. The van der Waals surface area contributed by atoms with E-state index in [0.717, 1.165) is 6.42 Å². The van der Waals surface area contributed by atoms with Gasteiger partial charge < -0.3 is 26.4 Å². The van der Waals surface area contributed by atoms with Crippen molar-refractivity contribution in [1.29, 1.82) is 0 Å². The summed E-state index contributed by atoms with van der Waals surface area (Å²) in [6.07, 6.45) is -0.151. The molecule has 0 fully saturated rings. The molecule has 26 heavy (non-hydrogen) atoms. The fraction of sp³-hybridized carbons (Fsp3) is 0.500. The summed E-state index contributed by atoms with van der Waals surface area (Å²) in [5.74, 6) is -1.55. The molecule has 0 saturated carbocycles. The number of likely N-dealkylation sites (N-methyl/N-ethyl adjacent to an activating group) is 1. The Kier molecular flexibility index (Phi) is 8.74. The van der Waals surface area contributed by atoms with Crippen LogP contribution in [0.5, 0.6) is 0 Å². The normalized spacial score (nSPS) is 14.0. The molecule has 3 amide bonds. The first-order valence-corrected chi connectivity index (χ1v) is 8.54. The first-order valence-electron chi connectivity index (χ1n) is 8.54. The van der Waals surface area contributed by atoms with Gasteiger partial charge in [0.25, 0.3) is 5.91 Å². The molecule has 2 unspecified atom stereocenters. The lowest BCUT2D eigenvalue weighted by molar-refractivity contribution is -0.135. The summed E-state index contributed by atoms with van der Waals surface area (Å²) in [6, 6.07) is 7.27. The number of hydrogen-bond donors (Lipinski definition) is 4. The second kappa shape index (κ2) is 10.5. The molecule has 0 spiro atoms. The van der Waals surface area contributed by atoms with Gasteiger partial charge in [0.1, 0.15) is 12.1 Å². The largest absolute Gasteiger partial charge is 0.382 e. The van der Waals surface area contributed by atoms with Crippen LogP contribution in [0.3, 0.4) is 0 Å². The third-order valence-electron chi connectivity index (χ3n) is 3.85. The Balaban J connectivity index is 2.67. The minimum atomic E-state index is -1.38. The molecule has 144 valence electrons. The Morgan fingerprint density at radius 3 is 2.35 bits per heavy atom. The fourth-order valence-electron chi connectivity index (χ4n) is 2.36. The van der Waals surface area contributed by atoms with E-state index in [4.69, 9.17) is 5.73 Å². The van der Waals surface area contributed by atoms with Crippen molar-refractivity contribution in [2.75, 3.05) is 20.6 Å². The molecule has 0 aliphatic rings. The number of aliphatic hydroxyl groups is 1. The number of amides is 3. The summed E-state index contributed by atoms with van der Waals surface area (Å²) in [5.41, 5.74) is 6.34. The smallest absolute Gasteiger partial charge is 0.250 e. The second-order valence-electron chi connectivity index (χ2n) is 6.26. The molecule has 1 aromatic carbocycles. The Morgan fingerprint density at radius 2 is 1.81 bits per heavy atom. The monoisotopic (exact) mass is 364 g/mol. The average molecular weight is 364 g/mol. The third kappa shape index (κ3) is 6.45. The van der Waals surface area contributed by atoms with Gasteiger partial charge in [-0.2, -0.15) is 0 Å². The Morgan fingerprint density at radius 1 is 1.19 bits per heavy atom. The quantitative estimate of drug-likeness (QED) is 0.472. The molecule has 0 aromatic heterocycles. The summed E-state index contributed by atoms with van der Waals surface area (Å²) in [4.78, 5) is 37.8. The van der Waals surface area contributed by atoms with Gasteiger partial charge in [0.2, 0.25) is 11.8 Å². The molecule has 3 atom stereocenters. The van der Waals surface area contributed by atoms with Crippen LogP contribution < -0.4 is 16.4 Å². The van der Waals surface area contributed by atoms with Gasteiger partial charge in [-0.3, -0.25) is 14.4 Å². The molecule has 1 rings (SSSR count). The van der Waals surface area contributed by atoms with Crippen LogP contribution >= 0.6 is 0 Å². The molecule has 8 nitrogen and oxygen atoms in total. The van der Waals surface area contributed by atoms with Gasteiger partial charge in [-0.1, -0.05) is 43.7 Å². The van der Waals surface area contributed by atoms with Crippen molar-refractivity contribution in [3.8, 4) is 0 Å². The first-order chi connectivity index (χ1) is 12.3. The van der Waals surface area contributed by atoms with Crippen molar-refractivity contribution in [2.45, 2.75) is 38.0 Å². The van der Waals surface area contributed by atoms with Crippen LogP contribution in [0.2, 0.25) is 0 Å². The van der Waals surface area contributed by atoms with Crippen LogP contribution in [0.1, 0.15) is 31.4 Å². The zero-order valence-corrected chi connectivity index (χ0v) is 15.4. The minimum absolute atomic E-state index is 0.291. The molecule has 0 heterocycles. The lowest BCUT2D eigenvalue weighted by atomic mass is 10.1. The third-order valence-corrected chi connectivity index (χ3v) is 3.85. The van der Waals surface area contributed by atoms with Gasteiger partial charge in [0, 0.05) is 20.1 Å². The van der Waals surface area contributed by atoms with Crippen molar-refractivity contribution in [2.24, 2.45) is 5.73 Å². The SMILES string of the molecule is CCCC(N)C(O)C(=O)NCC(=O)N[C@H](C(=O)N(C)C)c1ccccc1. The average Bonchev–Trinajstić information content (AvgIpc) is 2.63. The van der Waals surface area contributed by atoms with E-state index in [1.54, 1.807) is 38.4 Å². The van der Waals surface area contributed by atoms with Crippen molar-refractivity contribution < 1.29 is 19.5 Å². The number of aliphatic hydroxyl groups excluding tert-OH is 1. The number of hydrogen-bond acceptors (Lipinski definition) is 5. The molecule has 0 radical (unpaired) electrons. The number of carbonyl (C=O) groups excluding carboxylic acids is 3. The van der Waals surface area contributed by atoms with E-state index in [1.165, 1.54) is 4.90 Å². The van der Waals surface area contributed by atoms with E-state index in [9.17, 15) is 19.5 Å². The van der Waals surface area contributed by atoms with E-state index >= 15 is 0 Å². The number of nitrogens with one attached hydrogen (secondary N) is 2. The van der Waals surface area contributed by atoms with E-state index in [-0.39, 0.29) is 12.5 Å². The van der Waals surface area contributed by atoms with E-state index < -0.39 is 30.0 Å². The van der Waals surface area contributed by atoms with Crippen LogP contribution in [0, 0.1) is 0 Å². The van der Waals surface area contributed by atoms with Crippen LogP contribution in [0.25, 0.3) is 0 Å². The van der Waals surface area contributed by atoms with E-state index in [1.807, 2.05) is 13.0 Å². The predicted molar refractivity (Wildman–Crippen MR) is 97.9 cm³/mol. The highest BCUT2D eigenvalue weighted by Gasteiger charge is 2.26. The number of rotatable bonds is 9. The first kappa shape index (κ1) is 21.6. The zero-order chi connectivity index (χ0) is 19.7. The molecule has 0 bridgehead atoms. The van der Waals surface area contributed by atoms with Crippen LogP contribution in [0.4, 0.5) is 0 Å². The van der Waals surface area contributed by atoms with Gasteiger partial charge in [-0.05, 0) is 12.0 Å². The number of nitrogens with two attached hydrogens (primary N) is 1. The Bertz CT molecular complexity index is 606. The van der Waals surface area contributed by atoms with Gasteiger partial charge in [0.05, 0.1) is 6.54 Å². The molecule has 0 aliphatic carbocycles. The molecule has 0 aliphatic heterocycles. The van der Waals surface area contributed by atoms with Crippen LogP contribution in [-0.2, 0) is 14.4 Å². The fourth-order valence-corrected chi connectivity index (χ4v) is 2.36. The summed E-state index contributed by atoms with van der Waals surface area (Å²) in [7, 11) is 3.19. The minimum Gasteiger partial charge on any atom is -0.382 e. The number of carbonyl (C=O) groups is 3. The maximum absolute atomic E-state index is 12.4. The predicted octanol–water partition coefficient (Wildman–Crippen LogP) is -0.463. The Hall–Kier alpha value is -2.45. The summed E-state index contributed by atoms with van der Waals surface area (Å²) >= 11 is 0. The van der Waals surface area contributed by atoms with E-state index in [0.29, 0.717) is 12.0 Å². The molecule has 0 saturated heterocycles. The standard InChI is InChI=1S/C18H28N4O4/c1-4-8-13(19)16(24)17(25)20-11-14(23)21-15(18(26)22(2)3)12-9-6-5-7-10-12/h5-7,9-10,13,15-16,24H,4,8,11,19H2,1-3H3,(H,20,25)(H,21,23)/t13?,15-,16?/m0/s1. The number of benzene rings is 1. The topological polar surface area (TPSA) is 125 Å². The van der Waals surface area contributed by atoms with Gasteiger partial charge in [-0.25, -0.2) is 0 Å². The molecule has 8 heteroatoms. The van der Waals surface area contributed by atoms with Gasteiger partial charge in [-0.15, -0.1) is 0 Å². The van der Waals surface area contributed by atoms with Crippen LogP contribution in [-0.4, -0.2) is 60.5 Å². The summed E-state index contributed by atoms with van der Waals surface area (Å²) in [5, 5.41) is 14.8. The molecular weight excluding hydrogens is 336 g/mol.